The molecule has 5 heteroatoms. The number of nitrogens with zero attached hydrogens (tertiary/aromatic N) is 2. The highest BCUT2D eigenvalue weighted by atomic mass is 32.1. The van der Waals surface area contributed by atoms with Crippen molar-refractivity contribution in [1.29, 1.82) is 0 Å². The van der Waals surface area contributed by atoms with Crippen LogP contribution in [-0.2, 0) is 0 Å². The van der Waals surface area contributed by atoms with Crippen molar-refractivity contribution >= 4 is 22.6 Å². The number of aryl methyl sites for hydroxylation is 2. The van der Waals surface area contributed by atoms with Gasteiger partial charge in [-0.05, 0) is 31.5 Å². The summed E-state index contributed by atoms with van der Waals surface area (Å²) >= 11 is 1.59. The van der Waals surface area contributed by atoms with Crippen molar-refractivity contribution in [3.05, 3.63) is 64.7 Å². The lowest BCUT2D eigenvalue weighted by atomic mass is 10.1. The normalized spacial score (nSPS) is 11.0. The smallest absolute Gasteiger partial charge is 0.195 e. The number of thiazole rings is 1. The summed E-state index contributed by atoms with van der Waals surface area (Å²) in [5.74, 6) is 0.704. The second-order valence-corrected chi connectivity index (χ2v) is 7.34. The van der Waals surface area contributed by atoms with E-state index in [1.165, 1.54) is 5.56 Å². The predicted octanol–water partition coefficient (Wildman–Crippen LogP) is 5.17. The van der Waals surface area contributed by atoms with E-state index in [-0.39, 0.29) is 0 Å². The third-order valence-corrected chi connectivity index (χ3v) is 5.44. The fraction of sp³-hybridized carbons (Fsp3) is 0.143. The molecule has 0 bridgehead atoms. The molecule has 130 valence electrons. The number of aromatic nitrogens is 2. The summed E-state index contributed by atoms with van der Waals surface area (Å²) in [5, 5.41) is 0. The molecule has 26 heavy (non-hydrogen) atoms. The van der Waals surface area contributed by atoms with Gasteiger partial charge in [0.15, 0.2) is 11.2 Å². The average Bonchev–Trinajstić information content (AvgIpc) is 3.16. The monoisotopic (exact) mass is 362 g/mol. The fourth-order valence-electron chi connectivity index (χ4n) is 3.23. The number of aldehydes is 1. The number of methoxy groups -OCH3 is 1. The quantitative estimate of drug-likeness (QED) is 0.471. The minimum atomic E-state index is 0.546. The van der Waals surface area contributed by atoms with Gasteiger partial charge in [0.25, 0.3) is 0 Å². The summed E-state index contributed by atoms with van der Waals surface area (Å²) in [6, 6.07) is 16.0. The largest absolute Gasteiger partial charge is 0.496 e. The molecule has 4 nitrogen and oxygen atoms in total. The molecule has 0 unspecified atom stereocenters. The number of hydrogen-bond acceptors (Lipinski definition) is 4. The van der Waals surface area contributed by atoms with Gasteiger partial charge in [-0.15, -0.1) is 11.3 Å². The number of rotatable bonds is 4. The molecule has 2 aromatic carbocycles. The van der Waals surface area contributed by atoms with E-state index in [4.69, 9.17) is 9.72 Å². The standard InChI is InChI=1S/C21H18N2O2S/c1-13-8-10-15(11-9-13)20-14(2)26-21-22-19(17(12-24)23(20)21)16-6-4-5-7-18(16)25-3/h4-12H,1-3H3. The maximum absolute atomic E-state index is 12.0. The number of fused-ring (bicyclic) bond motifs is 1. The van der Waals surface area contributed by atoms with E-state index in [0.717, 1.165) is 32.9 Å². The maximum atomic E-state index is 12.0. The van der Waals surface area contributed by atoms with Crippen LogP contribution in [-0.4, -0.2) is 22.8 Å². The number of para-hydroxylation sites is 1. The Morgan fingerprint density at radius 3 is 2.50 bits per heavy atom. The summed E-state index contributed by atoms with van der Waals surface area (Å²) in [7, 11) is 1.62. The molecule has 0 radical (unpaired) electrons. The van der Waals surface area contributed by atoms with Gasteiger partial charge in [0.1, 0.15) is 17.1 Å². The van der Waals surface area contributed by atoms with Crippen molar-refractivity contribution in [3.63, 3.8) is 0 Å². The number of hydrogen-bond donors (Lipinski definition) is 0. The number of carbonyl (C=O) groups excluding carboxylic acids is 1. The van der Waals surface area contributed by atoms with Crippen molar-refractivity contribution < 1.29 is 9.53 Å². The SMILES string of the molecule is COc1ccccc1-c1nc2sc(C)c(-c3ccc(C)cc3)n2c1C=O. The molecule has 0 N–H and O–H groups in total. The molecule has 0 aliphatic rings. The lowest BCUT2D eigenvalue weighted by Crippen LogP contribution is -1.96. The average molecular weight is 362 g/mol. The first-order chi connectivity index (χ1) is 12.6. The zero-order chi connectivity index (χ0) is 18.3. The number of benzene rings is 2. The van der Waals surface area contributed by atoms with Crippen LogP contribution in [0.3, 0.4) is 0 Å². The van der Waals surface area contributed by atoms with Gasteiger partial charge in [0, 0.05) is 10.4 Å². The van der Waals surface area contributed by atoms with Gasteiger partial charge < -0.3 is 4.74 Å². The Hall–Kier alpha value is -2.92. The van der Waals surface area contributed by atoms with E-state index in [2.05, 4.69) is 38.1 Å². The van der Waals surface area contributed by atoms with E-state index in [9.17, 15) is 4.79 Å². The highest BCUT2D eigenvalue weighted by molar-refractivity contribution is 7.17. The van der Waals surface area contributed by atoms with Crippen molar-refractivity contribution in [2.75, 3.05) is 7.11 Å². The molecule has 0 atom stereocenters. The minimum absolute atomic E-state index is 0.546. The Labute approximate surface area is 155 Å². The number of imidazole rings is 1. The zero-order valence-electron chi connectivity index (χ0n) is 14.8. The van der Waals surface area contributed by atoms with E-state index < -0.39 is 0 Å². The van der Waals surface area contributed by atoms with Gasteiger partial charge in [0.2, 0.25) is 0 Å². The Balaban J connectivity index is 2.02. The zero-order valence-corrected chi connectivity index (χ0v) is 15.6. The van der Waals surface area contributed by atoms with Crippen LogP contribution in [0.25, 0.3) is 27.5 Å². The van der Waals surface area contributed by atoms with Crippen molar-refractivity contribution in [2.24, 2.45) is 0 Å². The topological polar surface area (TPSA) is 43.6 Å². The predicted molar refractivity (Wildman–Crippen MR) is 105 cm³/mol. The van der Waals surface area contributed by atoms with Gasteiger partial charge in [0.05, 0.1) is 12.8 Å². The van der Waals surface area contributed by atoms with Crippen LogP contribution in [0.2, 0.25) is 0 Å². The third kappa shape index (κ3) is 2.52. The summed E-state index contributed by atoms with van der Waals surface area (Å²) < 4.78 is 7.42. The molecule has 0 amide bonds. The Kier molecular flexibility index (Phi) is 4.09. The van der Waals surface area contributed by atoms with E-state index in [0.29, 0.717) is 17.1 Å². The molecule has 0 fully saturated rings. The molecule has 0 saturated carbocycles. The lowest BCUT2D eigenvalue weighted by Gasteiger charge is -2.08. The highest BCUT2D eigenvalue weighted by Crippen LogP contribution is 2.38. The van der Waals surface area contributed by atoms with Crippen LogP contribution in [0.15, 0.2) is 48.5 Å². The van der Waals surface area contributed by atoms with Gasteiger partial charge in [-0.2, -0.15) is 0 Å². The fourth-order valence-corrected chi connectivity index (χ4v) is 4.23. The molecule has 0 aliphatic heterocycles. The molecule has 4 aromatic rings. The summed E-state index contributed by atoms with van der Waals surface area (Å²) in [6.07, 6.45) is 0.881. The van der Waals surface area contributed by atoms with Crippen molar-refractivity contribution in [1.82, 2.24) is 9.38 Å². The van der Waals surface area contributed by atoms with Crippen LogP contribution in [0, 0.1) is 13.8 Å². The van der Waals surface area contributed by atoms with Gasteiger partial charge in [-0.3, -0.25) is 9.20 Å². The summed E-state index contributed by atoms with van der Waals surface area (Å²) in [6.45, 7) is 4.12. The first-order valence-corrected chi connectivity index (χ1v) is 9.13. The molecule has 2 aromatic heterocycles. The molecule has 0 spiro atoms. The van der Waals surface area contributed by atoms with Crippen LogP contribution in [0.1, 0.15) is 20.9 Å². The van der Waals surface area contributed by atoms with E-state index >= 15 is 0 Å². The first kappa shape index (κ1) is 16.5. The summed E-state index contributed by atoms with van der Waals surface area (Å²) in [4.78, 5) is 18.7. The van der Waals surface area contributed by atoms with Gasteiger partial charge in [-0.1, -0.05) is 42.0 Å². The van der Waals surface area contributed by atoms with E-state index in [1.807, 2.05) is 28.7 Å². The minimum Gasteiger partial charge on any atom is -0.496 e. The van der Waals surface area contributed by atoms with Crippen molar-refractivity contribution in [3.8, 4) is 28.3 Å². The van der Waals surface area contributed by atoms with Crippen LogP contribution in [0.5, 0.6) is 5.75 Å². The first-order valence-electron chi connectivity index (χ1n) is 8.31. The molecular weight excluding hydrogens is 344 g/mol. The Morgan fingerprint density at radius 2 is 1.81 bits per heavy atom. The molecule has 0 saturated heterocycles. The van der Waals surface area contributed by atoms with E-state index in [1.54, 1.807) is 18.4 Å². The summed E-state index contributed by atoms with van der Waals surface area (Å²) in [5.41, 5.74) is 5.31. The van der Waals surface area contributed by atoms with Gasteiger partial charge in [-0.25, -0.2) is 4.98 Å². The van der Waals surface area contributed by atoms with Crippen LogP contribution >= 0.6 is 11.3 Å². The molecule has 4 rings (SSSR count). The van der Waals surface area contributed by atoms with Crippen LogP contribution in [0.4, 0.5) is 0 Å². The van der Waals surface area contributed by atoms with Crippen molar-refractivity contribution in [2.45, 2.75) is 13.8 Å². The Morgan fingerprint density at radius 1 is 1.08 bits per heavy atom. The lowest BCUT2D eigenvalue weighted by molar-refractivity contribution is 0.111. The second kappa shape index (κ2) is 6.42. The molecular formula is C21H18N2O2S. The van der Waals surface area contributed by atoms with Crippen LogP contribution < -0.4 is 4.74 Å². The molecule has 2 heterocycles. The number of carbonyl (C=O) groups is 1. The second-order valence-electron chi connectivity index (χ2n) is 6.15. The maximum Gasteiger partial charge on any atom is 0.195 e. The van der Waals surface area contributed by atoms with Gasteiger partial charge >= 0.3 is 0 Å². The highest BCUT2D eigenvalue weighted by Gasteiger charge is 2.22. The number of ether oxygens (including phenoxy) is 1. The Bertz CT molecular complexity index is 1110. The third-order valence-electron chi connectivity index (χ3n) is 4.48. The molecule has 0 aliphatic carbocycles.